The SMILES string of the molecule is C[C@@H](c1ccc(C(=O)NN)cc1)N1CCC(CC(C)(C)O)(c2ccccc2)OC1=O. The van der Waals surface area contributed by atoms with Crippen molar-refractivity contribution in [2.24, 2.45) is 5.84 Å². The van der Waals surface area contributed by atoms with Gasteiger partial charge < -0.3 is 14.7 Å². The van der Waals surface area contributed by atoms with Crippen molar-refractivity contribution in [1.29, 1.82) is 0 Å². The van der Waals surface area contributed by atoms with Crippen LogP contribution in [0.3, 0.4) is 0 Å². The van der Waals surface area contributed by atoms with Crippen molar-refractivity contribution in [3.8, 4) is 0 Å². The van der Waals surface area contributed by atoms with E-state index in [-0.39, 0.29) is 11.9 Å². The van der Waals surface area contributed by atoms with Gasteiger partial charge in [-0.1, -0.05) is 42.5 Å². The number of hydrazine groups is 1. The second kappa shape index (κ2) is 8.45. The maximum Gasteiger partial charge on any atom is 0.411 e. The van der Waals surface area contributed by atoms with E-state index in [1.165, 1.54) is 0 Å². The molecule has 30 heavy (non-hydrogen) atoms. The van der Waals surface area contributed by atoms with Gasteiger partial charge >= 0.3 is 6.09 Å². The summed E-state index contributed by atoms with van der Waals surface area (Å²) in [5.41, 5.74) is 2.43. The van der Waals surface area contributed by atoms with E-state index in [1.807, 2.05) is 37.3 Å². The van der Waals surface area contributed by atoms with Crippen LogP contribution in [0.25, 0.3) is 0 Å². The van der Waals surface area contributed by atoms with E-state index in [2.05, 4.69) is 5.43 Å². The fourth-order valence-corrected chi connectivity index (χ4v) is 4.07. The molecule has 7 heteroatoms. The number of hydrogen-bond donors (Lipinski definition) is 3. The number of ether oxygens (including phenoxy) is 1. The molecule has 1 fully saturated rings. The molecule has 3 rings (SSSR count). The van der Waals surface area contributed by atoms with Gasteiger partial charge in [0.15, 0.2) is 0 Å². The molecule has 1 heterocycles. The van der Waals surface area contributed by atoms with Crippen LogP contribution in [0.5, 0.6) is 0 Å². The second-order valence-corrected chi connectivity index (χ2v) is 8.43. The molecular formula is C23H29N3O4. The Balaban J connectivity index is 1.81. The van der Waals surface area contributed by atoms with Gasteiger partial charge in [-0.2, -0.15) is 0 Å². The smallest absolute Gasteiger partial charge is 0.411 e. The summed E-state index contributed by atoms with van der Waals surface area (Å²) in [6.07, 6.45) is 0.441. The lowest BCUT2D eigenvalue weighted by molar-refractivity contribution is -0.101. The first-order chi connectivity index (χ1) is 14.1. The minimum Gasteiger partial charge on any atom is -0.438 e. The minimum absolute atomic E-state index is 0.233. The summed E-state index contributed by atoms with van der Waals surface area (Å²) in [4.78, 5) is 26.3. The first-order valence-electron chi connectivity index (χ1n) is 10.0. The molecule has 4 N–H and O–H groups in total. The zero-order chi connectivity index (χ0) is 21.9. The van der Waals surface area contributed by atoms with Gasteiger partial charge in [0.1, 0.15) is 5.60 Å². The minimum atomic E-state index is -0.997. The number of aliphatic hydroxyl groups is 1. The molecule has 2 atom stereocenters. The third-order valence-electron chi connectivity index (χ3n) is 5.55. The molecule has 0 radical (unpaired) electrons. The van der Waals surface area contributed by atoms with E-state index in [9.17, 15) is 14.7 Å². The third-order valence-corrected chi connectivity index (χ3v) is 5.55. The highest BCUT2D eigenvalue weighted by Crippen LogP contribution is 2.42. The summed E-state index contributed by atoms with van der Waals surface area (Å²) < 4.78 is 6.02. The van der Waals surface area contributed by atoms with Crippen LogP contribution in [0.4, 0.5) is 4.79 Å². The van der Waals surface area contributed by atoms with Crippen molar-refractivity contribution in [2.45, 2.75) is 50.9 Å². The summed E-state index contributed by atoms with van der Waals surface area (Å²) in [6, 6.07) is 16.3. The van der Waals surface area contributed by atoms with Crippen LogP contribution in [-0.2, 0) is 10.3 Å². The normalized spacial score (nSPS) is 20.4. The quantitative estimate of drug-likeness (QED) is 0.384. The van der Waals surface area contributed by atoms with Crippen LogP contribution in [0.15, 0.2) is 54.6 Å². The summed E-state index contributed by atoms with van der Waals surface area (Å²) in [7, 11) is 0. The largest absolute Gasteiger partial charge is 0.438 e. The Labute approximate surface area is 176 Å². The molecule has 0 bridgehead atoms. The maximum atomic E-state index is 13.0. The van der Waals surface area contributed by atoms with Gasteiger partial charge in [0.25, 0.3) is 5.91 Å². The third kappa shape index (κ3) is 4.63. The molecule has 1 aliphatic heterocycles. The Morgan fingerprint density at radius 2 is 1.87 bits per heavy atom. The van der Waals surface area contributed by atoms with E-state index >= 15 is 0 Å². The average Bonchev–Trinajstić information content (AvgIpc) is 2.72. The lowest BCUT2D eigenvalue weighted by atomic mass is 9.80. The van der Waals surface area contributed by atoms with Gasteiger partial charge in [-0.05, 0) is 44.0 Å². The number of carbonyl (C=O) groups is 2. The molecule has 1 saturated heterocycles. The number of carbonyl (C=O) groups excluding carboxylic acids is 2. The van der Waals surface area contributed by atoms with Crippen molar-refractivity contribution in [3.63, 3.8) is 0 Å². The number of nitrogens with two attached hydrogens (primary N) is 1. The summed E-state index contributed by atoms with van der Waals surface area (Å²) in [5.74, 6) is 4.80. The maximum absolute atomic E-state index is 13.0. The van der Waals surface area contributed by atoms with E-state index < -0.39 is 17.3 Å². The number of nitrogens with zero attached hydrogens (tertiary/aromatic N) is 1. The lowest BCUT2D eigenvalue weighted by Crippen LogP contribution is -2.51. The van der Waals surface area contributed by atoms with Gasteiger partial charge in [-0.25, -0.2) is 10.6 Å². The van der Waals surface area contributed by atoms with Crippen LogP contribution in [-0.4, -0.2) is 34.2 Å². The van der Waals surface area contributed by atoms with Crippen molar-refractivity contribution >= 4 is 12.0 Å². The number of nitrogens with one attached hydrogen (secondary N) is 1. The lowest BCUT2D eigenvalue weighted by Gasteiger charge is -2.45. The molecule has 1 aliphatic rings. The van der Waals surface area contributed by atoms with Gasteiger partial charge in [0, 0.05) is 24.9 Å². The van der Waals surface area contributed by atoms with Crippen LogP contribution in [0.2, 0.25) is 0 Å². The van der Waals surface area contributed by atoms with Crippen LogP contribution in [0, 0.1) is 0 Å². The fourth-order valence-electron chi connectivity index (χ4n) is 4.07. The number of benzene rings is 2. The topological polar surface area (TPSA) is 105 Å². The number of rotatable bonds is 6. The molecule has 0 aromatic heterocycles. The Bertz CT molecular complexity index is 893. The van der Waals surface area contributed by atoms with Crippen molar-refractivity contribution < 1.29 is 19.4 Å². The highest BCUT2D eigenvalue weighted by atomic mass is 16.6. The summed E-state index contributed by atoms with van der Waals surface area (Å²) in [6.45, 7) is 5.85. The number of hydrogen-bond acceptors (Lipinski definition) is 5. The Kier molecular flexibility index (Phi) is 6.14. The molecule has 160 valence electrons. The molecule has 1 unspecified atom stereocenters. The van der Waals surface area contributed by atoms with E-state index in [4.69, 9.17) is 10.6 Å². The molecule has 0 aliphatic carbocycles. The first kappa shape index (κ1) is 21.8. The first-order valence-corrected chi connectivity index (χ1v) is 10.0. The van der Waals surface area contributed by atoms with E-state index in [0.29, 0.717) is 24.9 Å². The molecule has 0 spiro atoms. The highest BCUT2D eigenvalue weighted by Gasteiger charge is 2.46. The van der Waals surface area contributed by atoms with Crippen molar-refractivity contribution in [1.82, 2.24) is 10.3 Å². The second-order valence-electron chi connectivity index (χ2n) is 8.43. The molecule has 2 amide bonds. The average molecular weight is 412 g/mol. The number of nitrogen functional groups attached to an aromatic ring is 1. The number of cyclic esters (lactones) is 1. The Hall–Kier alpha value is -2.90. The van der Waals surface area contributed by atoms with Gasteiger partial charge in [0.2, 0.25) is 0 Å². The Morgan fingerprint density at radius 1 is 1.23 bits per heavy atom. The van der Waals surface area contributed by atoms with Gasteiger partial charge in [-0.15, -0.1) is 0 Å². The van der Waals surface area contributed by atoms with Crippen molar-refractivity contribution in [2.75, 3.05) is 6.54 Å². The van der Waals surface area contributed by atoms with Crippen LogP contribution in [0.1, 0.15) is 61.1 Å². The monoisotopic (exact) mass is 411 g/mol. The number of amides is 2. The molecule has 2 aromatic carbocycles. The standard InChI is InChI=1S/C23H29N3O4/c1-16(17-9-11-18(12-10-17)20(27)25-24)26-14-13-23(30-21(26)28,15-22(2,3)29)19-7-5-4-6-8-19/h4-12,16,29H,13-15,24H2,1-3H3,(H,25,27)/t16-,23?/m0/s1. The Morgan fingerprint density at radius 3 is 2.40 bits per heavy atom. The molecule has 7 nitrogen and oxygen atoms in total. The highest BCUT2D eigenvalue weighted by molar-refractivity contribution is 5.93. The molecule has 0 saturated carbocycles. The predicted molar refractivity (Wildman–Crippen MR) is 113 cm³/mol. The summed E-state index contributed by atoms with van der Waals surface area (Å²) >= 11 is 0. The zero-order valence-electron chi connectivity index (χ0n) is 17.6. The predicted octanol–water partition coefficient (Wildman–Crippen LogP) is 3.25. The van der Waals surface area contributed by atoms with Crippen LogP contribution < -0.4 is 11.3 Å². The van der Waals surface area contributed by atoms with Crippen LogP contribution >= 0.6 is 0 Å². The van der Waals surface area contributed by atoms with E-state index in [0.717, 1.165) is 11.1 Å². The fraction of sp³-hybridized carbons (Fsp3) is 0.391. The van der Waals surface area contributed by atoms with E-state index in [1.54, 1.807) is 43.0 Å². The van der Waals surface area contributed by atoms with Gasteiger partial charge in [0.05, 0.1) is 11.6 Å². The van der Waals surface area contributed by atoms with Crippen molar-refractivity contribution in [3.05, 3.63) is 71.3 Å². The summed E-state index contributed by atoms with van der Waals surface area (Å²) in [5, 5.41) is 10.5. The van der Waals surface area contributed by atoms with Gasteiger partial charge in [-0.3, -0.25) is 10.2 Å². The molecular weight excluding hydrogens is 382 g/mol. The molecule has 2 aromatic rings. The zero-order valence-corrected chi connectivity index (χ0v) is 17.6.